The summed E-state index contributed by atoms with van der Waals surface area (Å²) in [5.41, 5.74) is 6.01. The number of rotatable bonds is 3. The number of nitrogens with two attached hydrogens (primary N) is 1. The summed E-state index contributed by atoms with van der Waals surface area (Å²) in [6.45, 7) is 4.65. The standard InChI is InChI=1S/C15H29N3O/c1-12-10-18(9-8-14(12)16)11-15(19)17-13-6-4-2-3-5-7-13/h12-14H,2-11,16H2,1H3,(H,17,19). The van der Waals surface area contributed by atoms with E-state index >= 15 is 0 Å². The monoisotopic (exact) mass is 267 g/mol. The molecule has 4 heteroatoms. The van der Waals surface area contributed by atoms with E-state index in [4.69, 9.17) is 5.73 Å². The summed E-state index contributed by atoms with van der Waals surface area (Å²) in [6, 6.07) is 0.723. The maximum atomic E-state index is 12.1. The van der Waals surface area contributed by atoms with Crippen LogP contribution in [0.15, 0.2) is 0 Å². The molecule has 0 spiro atoms. The summed E-state index contributed by atoms with van der Waals surface area (Å²) in [5, 5.41) is 3.22. The molecule has 0 aromatic rings. The molecule has 0 aromatic carbocycles. The van der Waals surface area contributed by atoms with Crippen molar-refractivity contribution in [1.29, 1.82) is 0 Å². The summed E-state index contributed by atoms with van der Waals surface area (Å²) in [5.74, 6) is 0.703. The number of amides is 1. The van der Waals surface area contributed by atoms with Gasteiger partial charge in [-0.1, -0.05) is 32.6 Å². The number of nitrogens with zero attached hydrogens (tertiary/aromatic N) is 1. The molecule has 1 amide bonds. The van der Waals surface area contributed by atoms with Gasteiger partial charge < -0.3 is 11.1 Å². The van der Waals surface area contributed by atoms with Gasteiger partial charge in [-0.25, -0.2) is 0 Å². The fourth-order valence-corrected chi connectivity index (χ4v) is 3.29. The summed E-state index contributed by atoms with van der Waals surface area (Å²) >= 11 is 0. The van der Waals surface area contributed by atoms with E-state index in [2.05, 4.69) is 17.1 Å². The van der Waals surface area contributed by atoms with Crippen molar-refractivity contribution in [1.82, 2.24) is 10.2 Å². The Balaban J connectivity index is 1.71. The Labute approximate surface area is 117 Å². The van der Waals surface area contributed by atoms with Gasteiger partial charge in [-0.2, -0.15) is 0 Å². The van der Waals surface area contributed by atoms with Crippen LogP contribution < -0.4 is 11.1 Å². The number of piperidine rings is 1. The summed E-state index contributed by atoms with van der Waals surface area (Å²) < 4.78 is 0. The molecule has 19 heavy (non-hydrogen) atoms. The largest absolute Gasteiger partial charge is 0.352 e. The third-order valence-electron chi connectivity index (χ3n) is 4.64. The molecule has 0 radical (unpaired) electrons. The minimum atomic E-state index is 0.203. The lowest BCUT2D eigenvalue weighted by atomic mass is 9.95. The molecule has 0 aromatic heterocycles. The van der Waals surface area contributed by atoms with Crippen molar-refractivity contribution >= 4 is 5.91 Å². The Morgan fingerprint density at radius 3 is 2.53 bits per heavy atom. The quantitative estimate of drug-likeness (QED) is 0.762. The highest BCUT2D eigenvalue weighted by atomic mass is 16.2. The first kappa shape index (κ1) is 14.8. The van der Waals surface area contributed by atoms with Crippen LogP contribution in [0.3, 0.4) is 0 Å². The second-order valence-corrected chi connectivity index (χ2v) is 6.42. The van der Waals surface area contributed by atoms with Gasteiger partial charge in [0.25, 0.3) is 0 Å². The maximum absolute atomic E-state index is 12.1. The van der Waals surface area contributed by atoms with Crippen molar-refractivity contribution in [2.24, 2.45) is 11.7 Å². The van der Waals surface area contributed by atoms with Gasteiger partial charge in [0, 0.05) is 25.2 Å². The van der Waals surface area contributed by atoms with Crippen LogP contribution in [0.25, 0.3) is 0 Å². The van der Waals surface area contributed by atoms with E-state index in [1.807, 2.05) is 0 Å². The minimum Gasteiger partial charge on any atom is -0.352 e. The fourth-order valence-electron chi connectivity index (χ4n) is 3.29. The lowest BCUT2D eigenvalue weighted by molar-refractivity contribution is -0.123. The molecule has 2 fully saturated rings. The second kappa shape index (κ2) is 7.25. The van der Waals surface area contributed by atoms with Crippen LogP contribution in [-0.2, 0) is 4.79 Å². The van der Waals surface area contributed by atoms with Crippen LogP contribution in [0.1, 0.15) is 51.9 Å². The highest BCUT2D eigenvalue weighted by Gasteiger charge is 2.25. The zero-order chi connectivity index (χ0) is 13.7. The zero-order valence-corrected chi connectivity index (χ0v) is 12.2. The van der Waals surface area contributed by atoms with Gasteiger partial charge in [-0.15, -0.1) is 0 Å². The number of hydrogen-bond acceptors (Lipinski definition) is 3. The van der Waals surface area contributed by atoms with Gasteiger partial charge in [-0.3, -0.25) is 9.69 Å². The third-order valence-corrected chi connectivity index (χ3v) is 4.64. The molecule has 110 valence electrons. The van der Waals surface area contributed by atoms with Gasteiger partial charge in [0.2, 0.25) is 5.91 Å². The number of carbonyl (C=O) groups excluding carboxylic acids is 1. The molecule has 3 N–H and O–H groups in total. The number of hydrogen-bond donors (Lipinski definition) is 2. The third kappa shape index (κ3) is 4.77. The van der Waals surface area contributed by atoms with Crippen molar-refractivity contribution in [3.8, 4) is 0 Å². The highest BCUT2D eigenvalue weighted by molar-refractivity contribution is 5.78. The predicted octanol–water partition coefficient (Wildman–Crippen LogP) is 1.49. The zero-order valence-electron chi connectivity index (χ0n) is 12.2. The summed E-state index contributed by atoms with van der Waals surface area (Å²) in [7, 11) is 0. The van der Waals surface area contributed by atoms with Gasteiger partial charge in [-0.05, 0) is 25.2 Å². The van der Waals surface area contributed by atoms with E-state index < -0.39 is 0 Å². The van der Waals surface area contributed by atoms with Gasteiger partial charge >= 0.3 is 0 Å². The first-order valence-electron chi connectivity index (χ1n) is 7.92. The average Bonchev–Trinajstić information content (AvgIpc) is 2.62. The van der Waals surface area contributed by atoms with E-state index in [9.17, 15) is 4.79 Å². The van der Waals surface area contributed by atoms with Crippen LogP contribution >= 0.6 is 0 Å². The number of carbonyl (C=O) groups is 1. The van der Waals surface area contributed by atoms with Crippen molar-refractivity contribution in [2.75, 3.05) is 19.6 Å². The van der Waals surface area contributed by atoms with Gasteiger partial charge in [0.15, 0.2) is 0 Å². The molecular weight excluding hydrogens is 238 g/mol. The molecule has 1 aliphatic carbocycles. The predicted molar refractivity (Wildman–Crippen MR) is 77.8 cm³/mol. The smallest absolute Gasteiger partial charge is 0.234 e. The first-order valence-corrected chi connectivity index (χ1v) is 7.92. The summed E-state index contributed by atoms with van der Waals surface area (Å²) in [6.07, 6.45) is 8.51. The molecule has 0 bridgehead atoms. The Hall–Kier alpha value is -0.610. The van der Waals surface area contributed by atoms with E-state index in [-0.39, 0.29) is 5.91 Å². The lowest BCUT2D eigenvalue weighted by Gasteiger charge is -2.34. The van der Waals surface area contributed by atoms with Crippen LogP contribution in [0.4, 0.5) is 0 Å². The van der Waals surface area contributed by atoms with Crippen molar-refractivity contribution < 1.29 is 4.79 Å². The van der Waals surface area contributed by atoms with E-state index in [0.29, 0.717) is 24.5 Å². The molecule has 1 aliphatic heterocycles. The molecule has 2 rings (SSSR count). The Kier molecular flexibility index (Phi) is 5.64. The minimum absolute atomic E-state index is 0.203. The molecule has 4 nitrogen and oxygen atoms in total. The summed E-state index contributed by atoms with van der Waals surface area (Å²) in [4.78, 5) is 14.3. The number of nitrogens with one attached hydrogen (secondary N) is 1. The van der Waals surface area contributed by atoms with Crippen LogP contribution in [0.2, 0.25) is 0 Å². The molecule has 2 atom stereocenters. The Morgan fingerprint density at radius 1 is 1.21 bits per heavy atom. The van der Waals surface area contributed by atoms with Gasteiger partial charge in [0.1, 0.15) is 0 Å². The van der Waals surface area contributed by atoms with Gasteiger partial charge in [0.05, 0.1) is 6.54 Å². The van der Waals surface area contributed by atoms with E-state index in [1.165, 1.54) is 25.7 Å². The lowest BCUT2D eigenvalue weighted by Crippen LogP contribution is -2.50. The number of likely N-dealkylation sites (tertiary alicyclic amines) is 1. The second-order valence-electron chi connectivity index (χ2n) is 6.42. The average molecular weight is 267 g/mol. The topological polar surface area (TPSA) is 58.4 Å². The van der Waals surface area contributed by atoms with Crippen molar-refractivity contribution in [3.05, 3.63) is 0 Å². The van der Waals surface area contributed by atoms with E-state index in [1.54, 1.807) is 0 Å². The molecule has 2 aliphatic rings. The van der Waals surface area contributed by atoms with Crippen molar-refractivity contribution in [2.45, 2.75) is 64.0 Å². The van der Waals surface area contributed by atoms with Crippen molar-refractivity contribution in [3.63, 3.8) is 0 Å². The first-order chi connectivity index (χ1) is 9.15. The fraction of sp³-hybridized carbons (Fsp3) is 0.933. The van der Waals surface area contributed by atoms with Crippen LogP contribution in [-0.4, -0.2) is 42.5 Å². The maximum Gasteiger partial charge on any atom is 0.234 e. The molecular formula is C15H29N3O. The van der Waals surface area contributed by atoms with Crippen LogP contribution in [0.5, 0.6) is 0 Å². The SMILES string of the molecule is CC1CN(CC(=O)NC2CCCCCC2)CCC1N. The molecule has 1 heterocycles. The normalized spacial score (nSPS) is 30.8. The molecule has 1 saturated heterocycles. The highest BCUT2D eigenvalue weighted by Crippen LogP contribution is 2.18. The van der Waals surface area contributed by atoms with Crippen LogP contribution in [0, 0.1) is 5.92 Å². The Morgan fingerprint density at radius 2 is 1.89 bits per heavy atom. The van der Waals surface area contributed by atoms with E-state index in [0.717, 1.165) is 32.4 Å². The Bertz CT molecular complexity index is 287. The molecule has 1 saturated carbocycles. The molecule has 2 unspecified atom stereocenters.